The average Bonchev–Trinajstić information content (AvgIpc) is 3.21. The maximum Gasteiger partial charge on any atom is 0.338 e. The van der Waals surface area contributed by atoms with Gasteiger partial charge in [-0.3, -0.25) is 4.68 Å². The van der Waals surface area contributed by atoms with Crippen molar-refractivity contribution in [2.24, 2.45) is 0 Å². The van der Waals surface area contributed by atoms with Gasteiger partial charge < -0.3 is 10.2 Å². The first-order valence-electron chi connectivity index (χ1n) is 7.56. The topological polar surface area (TPSA) is 119 Å². The zero-order valence-electron chi connectivity index (χ0n) is 13.4. The maximum atomic E-state index is 13.6. The molecule has 0 unspecified atom stereocenters. The summed E-state index contributed by atoms with van der Waals surface area (Å²) in [6.45, 7) is 0.195. The number of aromatic carboxylic acids is 1. The SMILES string of the molecule is O=C(O)c1cnn(-c2nc(O)c3c(cnn3Cc3cc(F)cc(Br)c3)n2)c1. The first-order valence-corrected chi connectivity index (χ1v) is 8.36. The molecule has 1 aromatic carbocycles. The second-order valence-electron chi connectivity index (χ2n) is 5.64. The molecule has 0 aliphatic carbocycles. The van der Waals surface area contributed by atoms with E-state index in [2.05, 4.69) is 36.1 Å². The fraction of sp³-hybridized carbons (Fsp3) is 0.0625. The third kappa shape index (κ3) is 3.24. The Bertz CT molecular complexity index is 1170. The van der Waals surface area contributed by atoms with Crippen molar-refractivity contribution in [3.8, 4) is 11.8 Å². The van der Waals surface area contributed by atoms with Crippen LogP contribution in [-0.2, 0) is 6.54 Å². The number of carboxylic acids is 1. The van der Waals surface area contributed by atoms with Crippen molar-refractivity contribution in [3.63, 3.8) is 0 Å². The molecule has 9 nitrogen and oxygen atoms in total. The van der Waals surface area contributed by atoms with Gasteiger partial charge in [-0.2, -0.15) is 15.2 Å². The fourth-order valence-electron chi connectivity index (χ4n) is 2.61. The Morgan fingerprint density at radius 2 is 2.00 bits per heavy atom. The van der Waals surface area contributed by atoms with Crippen LogP contribution in [0, 0.1) is 5.82 Å². The Morgan fingerprint density at radius 3 is 2.70 bits per heavy atom. The van der Waals surface area contributed by atoms with Crippen LogP contribution in [0.1, 0.15) is 15.9 Å². The third-order valence-corrected chi connectivity index (χ3v) is 4.21. The summed E-state index contributed by atoms with van der Waals surface area (Å²) in [6, 6.07) is 4.44. The lowest BCUT2D eigenvalue weighted by Crippen LogP contribution is -2.05. The molecule has 3 heterocycles. The lowest BCUT2D eigenvalue weighted by Gasteiger charge is -2.07. The van der Waals surface area contributed by atoms with E-state index in [1.165, 1.54) is 29.2 Å². The average molecular weight is 433 g/mol. The van der Waals surface area contributed by atoms with Gasteiger partial charge in [-0.25, -0.2) is 18.9 Å². The number of hydrogen-bond donors (Lipinski definition) is 2. The molecule has 27 heavy (non-hydrogen) atoms. The molecule has 0 saturated carbocycles. The second-order valence-corrected chi connectivity index (χ2v) is 6.56. The van der Waals surface area contributed by atoms with Crippen LogP contribution in [0.3, 0.4) is 0 Å². The van der Waals surface area contributed by atoms with Crippen molar-refractivity contribution in [2.75, 3.05) is 0 Å². The summed E-state index contributed by atoms with van der Waals surface area (Å²) in [5.74, 6) is -1.89. The van der Waals surface area contributed by atoms with Crippen molar-refractivity contribution < 1.29 is 19.4 Å². The molecule has 0 aliphatic rings. The van der Waals surface area contributed by atoms with Gasteiger partial charge in [-0.15, -0.1) is 0 Å². The molecule has 0 aliphatic heterocycles. The molecular formula is C16H10BrFN6O3. The number of rotatable bonds is 4. The molecule has 3 aromatic heterocycles. The van der Waals surface area contributed by atoms with Crippen LogP contribution in [0.25, 0.3) is 17.0 Å². The Kier molecular flexibility index (Phi) is 4.07. The number of aromatic nitrogens is 6. The van der Waals surface area contributed by atoms with Crippen LogP contribution in [0.2, 0.25) is 0 Å². The zero-order valence-corrected chi connectivity index (χ0v) is 15.0. The highest BCUT2D eigenvalue weighted by atomic mass is 79.9. The number of carboxylic acid groups (broad SMARTS) is 1. The van der Waals surface area contributed by atoms with Crippen LogP contribution in [0.5, 0.6) is 5.88 Å². The van der Waals surface area contributed by atoms with Gasteiger partial charge in [-0.05, 0) is 23.8 Å². The molecule has 0 saturated heterocycles. The summed E-state index contributed by atoms with van der Waals surface area (Å²) in [7, 11) is 0. The molecule has 0 atom stereocenters. The van der Waals surface area contributed by atoms with Crippen LogP contribution >= 0.6 is 15.9 Å². The largest absolute Gasteiger partial charge is 0.492 e. The van der Waals surface area contributed by atoms with Gasteiger partial charge >= 0.3 is 5.97 Å². The molecule has 0 amide bonds. The zero-order chi connectivity index (χ0) is 19.1. The normalized spacial score (nSPS) is 11.2. The van der Waals surface area contributed by atoms with Crippen molar-refractivity contribution in [1.82, 2.24) is 29.5 Å². The number of halogens is 2. The van der Waals surface area contributed by atoms with Gasteiger partial charge in [0.15, 0.2) is 0 Å². The smallest absolute Gasteiger partial charge is 0.338 e. The van der Waals surface area contributed by atoms with E-state index in [0.717, 1.165) is 10.9 Å². The predicted molar refractivity (Wildman–Crippen MR) is 94.3 cm³/mol. The Balaban J connectivity index is 1.74. The number of fused-ring (bicyclic) bond motifs is 1. The Hall–Kier alpha value is -3.34. The summed E-state index contributed by atoms with van der Waals surface area (Å²) >= 11 is 3.23. The lowest BCUT2D eigenvalue weighted by atomic mass is 10.2. The number of nitrogens with zero attached hydrogens (tertiary/aromatic N) is 6. The summed E-state index contributed by atoms with van der Waals surface area (Å²) < 4.78 is 16.7. The number of aromatic hydroxyl groups is 1. The van der Waals surface area contributed by atoms with E-state index in [1.54, 1.807) is 6.07 Å². The molecule has 2 N–H and O–H groups in total. The van der Waals surface area contributed by atoms with Gasteiger partial charge in [0.25, 0.3) is 5.95 Å². The van der Waals surface area contributed by atoms with Gasteiger partial charge in [-0.1, -0.05) is 15.9 Å². The van der Waals surface area contributed by atoms with E-state index in [-0.39, 0.29) is 29.5 Å². The first kappa shape index (κ1) is 17.1. The Morgan fingerprint density at radius 1 is 1.19 bits per heavy atom. The standard InChI is InChI=1S/C16H10BrFN6O3/c17-10-1-8(2-11(18)3-10)6-23-13-12(5-20-23)21-16(22-14(13)25)24-7-9(4-19-24)15(26)27/h1-5,7H,6H2,(H,26,27)(H,21,22,25). The third-order valence-electron chi connectivity index (χ3n) is 3.75. The first-order chi connectivity index (χ1) is 12.9. The van der Waals surface area contributed by atoms with E-state index in [9.17, 15) is 14.3 Å². The Labute approximate surface area is 158 Å². The minimum Gasteiger partial charge on any atom is -0.492 e. The highest BCUT2D eigenvalue weighted by molar-refractivity contribution is 9.10. The van der Waals surface area contributed by atoms with Crippen LogP contribution in [0.4, 0.5) is 4.39 Å². The molecule has 4 rings (SSSR count). The van der Waals surface area contributed by atoms with Gasteiger partial charge in [0.1, 0.15) is 16.9 Å². The van der Waals surface area contributed by atoms with Crippen molar-refractivity contribution in [3.05, 3.63) is 58.2 Å². The predicted octanol–water partition coefficient (Wildman–Crippen LogP) is 2.37. The van der Waals surface area contributed by atoms with Gasteiger partial charge in [0.2, 0.25) is 5.88 Å². The number of carbonyl (C=O) groups is 1. The van der Waals surface area contributed by atoms with Crippen molar-refractivity contribution >= 4 is 32.9 Å². The number of hydrogen-bond acceptors (Lipinski definition) is 6. The molecule has 11 heteroatoms. The van der Waals surface area contributed by atoms with Gasteiger partial charge in [0.05, 0.1) is 24.5 Å². The van der Waals surface area contributed by atoms with Crippen molar-refractivity contribution in [2.45, 2.75) is 6.54 Å². The van der Waals surface area contributed by atoms with Gasteiger partial charge in [0, 0.05) is 10.7 Å². The monoisotopic (exact) mass is 432 g/mol. The lowest BCUT2D eigenvalue weighted by molar-refractivity contribution is 0.0697. The summed E-state index contributed by atoms with van der Waals surface area (Å²) in [6.07, 6.45) is 3.81. The van der Waals surface area contributed by atoms with E-state index in [4.69, 9.17) is 5.11 Å². The summed E-state index contributed by atoms with van der Waals surface area (Å²) in [5, 5.41) is 27.3. The van der Waals surface area contributed by atoms with Crippen LogP contribution < -0.4 is 0 Å². The quantitative estimate of drug-likeness (QED) is 0.507. The molecule has 0 spiro atoms. The summed E-state index contributed by atoms with van der Waals surface area (Å²) in [5.41, 5.74) is 1.20. The highest BCUT2D eigenvalue weighted by Gasteiger charge is 2.16. The van der Waals surface area contributed by atoms with Crippen LogP contribution in [0.15, 0.2) is 41.3 Å². The number of benzene rings is 1. The van der Waals surface area contributed by atoms with E-state index >= 15 is 0 Å². The minimum atomic E-state index is -1.14. The molecular weight excluding hydrogens is 423 g/mol. The fourth-order valence-corrected chi connectivity index (χ4v) is 3.12. The molecule has 136 valence electrons. The molecule has 0 fully saturated rings. The maximum absolute atomic E-state index is 13.6. The van der Waals surface area contributed by atoms with Crippen molar-refractivity contribution in [1.29, 1.82) is 0 Å². The van der Waals surface area contributed by atoms with E-state index in [1.807, 2.05) is 0 Å². The minimum absolute atomic E-state index is 0.000509. The molecule has 0 radical (unpaired) electrons. The summed E-state index contributed by atoms with van der Waals surface area (Å²) in [4.78, 5) is 19.2. The highest BCUT2D eigenvalue weighted by Crippen LogP contribution is 2.24. The van der Waals surface area contributed by atoms with E-state index in [0.29, 0.717) is 15.6 Å². The molecule has 4 aromatic rings. The second kappa shape index (κ2) is 6.43. The van der Waals surface area contributed by atoms with Crippen LogP contribution in [-0.4, -0.2) is 45.7 Å². The van der Waals surface area contributed by atoms with E-state index < -0.39 is 11.8 Å². The molecule has 0 bridgehead atoms.